The summed E-state index contributed by atoms with van der Waals surface area (Å²) >= 11 is 5.69. The Labute approximate surface area is 98.1 Å². The van der Waals surface area contributed by atoms with Crippen molar-refractivity contribution in [1.82, 2.24) is 0 Å². The normalized spacial score (nSPS) is 9.56. The summed E-state index contributed by atoms with van der Waals surface area (Å²) in [5.74, 6) is -1.02. The maximum atomic E-state index is 11.5. The number of carbonyl (C=O) groups is 2. The molecule has 1 aromatic carbocycles. The van der Waals surface area contributed by atoms with E-state index in [4.69, 9.17) is 17.3 Å². The van der Waals surface area contributed by atoms with Crippen LogP contribution in [-0.2, 0) is 9.59 Å². The molecule has 84 valence electrons. The number of hydrogen-bond acceptors (Lipinski definition) is 2. The number of hydrogen-bond donors (Lipinski definition) is 2. The zero-order valence-electron chi connectivity index (χ0n) is 8.50. The summed E-state index contributed by atoms with van der Waals surface area (Å²) in [5.41, 5.74) is 5.66. The Kier molecular flexibility index (Phi) is 4.08. The molecule has 1 rings (SSSR count). The van der Waals surface area contributed by atoms with Crippen molar-refractivity contribution in [2.24, 2.45) is 5.73 Å². The van der Waals surface area contributed by atoms with E-state index < -0.39 is 11.8 Å². The summed E-state index contributed by atoms with van der Waals surface area (Å²) < 4.78 is 0. The summed E-state index contributed by atoms with van der Waals surface area (Å²) in [7, 11) is 0. The molecule has 0 bridgehead atoms. The minimum absolute atomic E-state index is 0.127. The average molecular weight is 239 g/mol. The lowest BCUT2D eigenvalue weighted by molar-refractivity contribution is -0.119. The second-order valence-electron chi connectivity index (χ2n) is 3.21. The van der Waals surface area contributed by atoms with Crippen molar-refractivity contribution in [3.8, 4) is 0 Å². The standard InChI is InChI=1S/C11H11ClN2O2/c1-7(6-10(13)15)11(16)14-9-4-2-8(12)3-5-9/h2-5H,1,6H2,(H2,13,15)(H,14,16). The maximum absolute atomic E-state index is 11.5. The van der Waals surface area contributed by atoms with Gasteiger partial charge in [-0.05, 0) is 24.3 Å². The first-order valence-electron chi connectivity index (χ1n) is 4.52. The SMILES string of the molecule is C=C(CC(N)=O)C(=O)Nc1ccc(Cl)cc1. The number of nitrogens with two attached hydrogens (primary N) is 1. The zero-order valence-corrected chi connectivity index (χ0v) is 9.25. The molecule has 0 saturated heterocycles. The van der Waals surface area contributed by atoms with E-state index >= 15 is 0 Å². The van der Waals surface area contributed by atoms with E-state index in [1.807, 2.05) is 0 Å². The van der Waals surface area contributed by atoms with E-state index in [2.05, 4.69) is 11.9 Å². The monoisotopic (exact) mass is 238 g/mol. The smallest absolute Gasteiger partial charge is 0.251 e. The lowest BCUT2D eigenvalue weighted by atomic mass is 10.2. The molecule has 3 N–H and O–H groups in total. The van der Waals surface area contributed by atoms with Crippen LogP contribution in [0.25, 0.3) is 0 Å². The van der Waals surface area contributed by atoms with Gasteiger partial charge in [0.1, 0.15) is 0 Å². The van der Waals surface area contributed by atoms with Crippen molar-refractivity contribution in [3.05, 3.63) is 41.4 Å². The molecule has 1 aromatic rings. The van der Waals surface area contributed by atoms with Crippen LogP contribution >= 0.6 is 11.6 Å². The summed E-state index contributed by atoms with van der Waals surface area (Å²) in [6.07, 6.45) is -0.153. The fraction of sp³-hybridized carbons (Fsp3) is 0.0909. The molecule has 0 spiro atoms. The Morgan fingerprint density at radius 2 is 1.88 bits per heavy atom. The van der Waals surface area contributed by atoms with Gasteiger partial charge in [0.05, 0.1) is 6.42 Å². The number of rotatable bonds is 4. The molecule has 0 unspecified atom stereocenters. The third kappa shape index (κ3) is 3.74. The van der Waals surface area contributed by atoms with Crippen LogP contribution in [0.1, 0.15) is 6.42 Å². The Balaban J connectivity index is 2.61. The highest BCUT2D eigenvalue weighted by Crippen LogP contribution is 2.14. The van der Waals surface area contributed by atoms with Gasteiger partial charge in [0.25, 0.3) is 5.91 Å². The van der Waals surface area contributed by atoms with E-state index in [1.54, 1.807) is 24.3 Å². The summed E-state index contributed by atoms with van der Waals surface area (Å²) in [6, 6.07) is 6.59. The first-order valence-corrected chi connectivity index (χ1v) is 4.90. The van der Waals surface area contributed by atoms with E-state index in [9.17, 15) is 9.59 Å². The number of primary amides is 1. The second kappa shape index (κ2) is 5.32. The number of benzene rings is 1. The molecule has 2 amide bonds. The quantitative estimate of drug-likeness (QED) is 0.784. The van der Waals surface area contributed by atoms with Gasteiger partial charge in [-0.15, -0.1) is 0 Å². The molecule has 4 nitrogen and oxygen atoms in total. The molecule has 0 aliphatic heterocycles. The van der Waals surface area contributed by atoms with Crippen molar-refractivity contribution in [2.75, 3.05) is 5.32 Å². The zero-order chi connectivity index (χ0) is 12.1. The van der Waals surface area contributed by atoms with Crippen molar-refractivity contribution in [2.45, 2.75) is 6.42 Å². The van der Waals surface area contributed by atoms with Crippen molar-refractivity contribution >= 4 is 29.1 Å². The second-order valence-corrected chi connectivity index (χ2v) is 3.64. The number of nitrogens with one attached hydrogen (secondary N) is 1. The highest BCUT2D eigenvalue weighted by molar-refractivity contribution is 6.30. The van der Waals surface area contributed by atoms with Gasteiger partial charge in [0.2, 0.25) is 5.91 Å². The maximum Gasteiger partial charge on any atom is 0.251 e. The Morgan fingerprint density at radius 1 is 1.31 bits per heavy atom. The lowest BCUT2D eigenvalue weighted by Crippen LogP contribution is -2.19. The third-order valence-corrected chi connectivity index (χ3v) is 2.06. The molecular formula is C11H11ClN2O2. The molecule has 0 aliphatic carbocycles. The Bertz CT molecular complexity index is 426. The Morgan fingerprint density at radius 3 is 2.38 bits per heavy atom. The van der Waals surface area contributed by atoms with Gasteiger partial charge in [-0.25, -0.2) is 0 Å². The van der Waals surface area contributed by atoms with Gasteiger partial charge in [0, 0.05) is 16.3 Å². The van der Waals surface area contributed by atoms with Crippen molar-refractivity contribution in [1.29, 1.82) is 0 Å². The van der Waals surface area contributed by atoms with Crippen molar-refractivity contribution in [3.63, 3.8) is 0 Å². The molecule has 16 heavy (non-hydrogen) atoms. The first kappa shape index (κ1) is 12.3. The highest BCUT2D eigenvalue weighted by atomic mass is 35.5. The van der Waals surface area contributed by atoms with Crippen LogP contribution in [-0.4, -0.2) is 11.8 Å². The minimum atomic E-state index is -0.587. The van der Waals surface area contributed by atoms with Crippen LogP contribution in [0.5, 0.6) is 0 Å². The van der Waals surface area contributed by atoms with Gasteiger partial charge < -0.3 is 11.1 Å². The molecule has 0 saturated carbocycles. The molecule has 0 fully saturated rings. The van der Waals surface area contributed by atoms with Crippen LogP contribution in [0.15, 0.2) is 36.4 Å². The summed E-state index contributed by atoms with van der Waals surface area (Å²) in [6.45, 7) is 3.47. The summed E-state index contributed by atoms with van der Waals surface area (Å²) in [4.78, 5) is 22.1. The highest BCUT2D eigenvalue weighted by Gasteiger charge is 2.09. The van der Waals surface area contributed by atoms with Gasteiger partial charge in [-0.1, -0.05) is 18.2 Å². The summed E-state index contributed by atoms with van der Waals surface area (Å²) in [5, 5.41) is 3.15. The topological polar surface area (TPSA) is 72.2 Å². The molecule has 0 aliphatic rings. The number of carbonyl (C=O) groups excluding carboxylic acids is 2. The van der Waals surface area contributed by atoms with Crippen LogP contribution in [0.2, 0.25) is 5.02 Å². The van der Waals surface area contributed by atoms with Crippen LogP contribution < -0.4 is 11.1 Å². The number of anilines is 1. The number of amides is 2. The first-order chi connectivity index (χ1) is 7.49. The van der Waals surface area contributed by atoms with E-state index in [0.717, 1.165) is 0 Å². The van der Waals surface area contributed by atoms with E-state index in [-0.39, 0.29) is 12.0 Å². The molecule has 5 heteroatoms. The van der Waals surface area contributed by atoms with Gasteiger partial charge >= 0.3 is 0 Å². The lowest BCUT2D eigenvalue weighted by Gasteiger charge is -2.06. The molecular weight excluding hydrogens is 228 g/mol. The van der Waals surface area contributed by atoms with Gasteiger partial charge in [-0.2, -0.15) is 0 Å². The fourth-order valence-corrected chi connectivity index (χ4v) is 1.17. The Hall–Kier alpha value is -1.81. The van der Waals surface area contributed by atoms with Crippen LogP contribution in [0.4, 0.5) is 5.69 Å². The molecule has 0 aromatic heterocycles. The largest absolute Gasteiger partial charge is 0.369 e. The molecule has 0 radical (unpaired) electrons. The number of halogens is 1. The minimum Gasteiger partial charge on any atom is -0.369 e. The molecule has 0 heterocycles. The van der Waals surface area contributed by atoms with E-state index in [0.29, 0.717) is 10.7 Å². The van der Waals surface area contributed by atoms with Crippen LogP contribution in [0, 0.1) is 0 Å². The average Bonchev–Trinajstić information content (AvgIpc) is 2.20. The van der Waals surface area contributed by atoms with Gasteiger partial charge in [-0.3, -0.25) is 9.59 Å². The molecule has 0 atom stereocenters. The van der Waals surface area contributed by atoms with Gasteiger partial charge in [0.15, 0.2) is 0 Å². The van der Waals surface area contributed by atoms with Crippen LogP contribution in [0.3, 0.4) is 0 Å². The third-order valence-electron chi connectivity index (χ3n) is 1.81. The van der Waals surface area contributed by atoms with E-state index in [1.165, 1.54) is 0 Å². The predicted molar refractivity (Wildman–Crippen MR) is 63.0 cm³/mol. The predicted octanol–water partition coefficient (Wildman–Crippen LogP) is 1.71. The fourth-order valence-electron chi connectivity index (χ4n) is 1.04. The van der Waals surface area contributed by atoms with Crippen molar-refractivity contribution < 1.29 is 9.59 Å².